The molecule has 6 nitrogen and oxygen atoms in total. The van der Waals surface area contributed by atoms with Crippen molar-refractivity contribution in [2.75, 3.05) is 29.9 Å². The number of piperazine rings is 1. The fraction of sp³-hybridized carbons (Fsp3) is 0.300. The molecule has 2 aromatic carbocycles. The molecule has 4 rings (SSSR count). The highest BCUT2D eigenvalue weighted by Gasteiger charge is 2.28. The topological polar surface area (TPSA) is 81.7 Å². The van der Waals surface area contributed by atoms with Gasteiger partial charge in [0, 0.05) is 43.0 Å². The van der Waals surface area contributed by atoms with Crippen molar-refractivity contribution in [3.63, 3.8) is 0 Å². The number of phenolic OH excluding ortho intramolecular Hbond substituents is 1. The highest BCUT2D eigenvalue weighted by Crippen LogP contribution is 2.32. The Morgan fingerprint density at radius 2 is 1.92 bits per heavy atom. The maximum absolute atomic E-state index is 12.8. The molecule has 2 heterocycles. The molecule has 0 saturated carbocycles. The number of fused-ring (bicyclic) bond motifs is 1. The number of rotatable bonds is 3. The van der Waals surface area contributed by atoms with Gasteiger partial charge in [0.1, 0.15) is 5.75 Å². The van der Waals surface area contributed by atoms with Gasteiger partial charge in [-0.05, 0) is 48.4 Å². The number of carbonyl (C=O) groups excluding carboxylic acids is 2. The number of hydrogen-bond donors (Lipinski definition) is 3. The number of nitrogens with one attached hydrogen (secondary N) is 2. The van der Waals surface area contributed by atoms with Crippen LogP contribution in [0, 0.1) is 0 Å². The average molecular weight is 351 g/mol. The van der Waals surface area contributed by atoms with Gasteiger partial charge in [0.15, 0.2) is 5.78 Å². The molecule has 3 N–H and O–H groups in total. The van der Waals surface area contributed by atoms with E-state index in [-0.39, 0.29) is 23.5 Å². The zero-order valence-corrected chi connectivity index (χ0v) is 14.4. The second-order valence-electron chi connectivity index (χ2n) is 6.72. The number of Topliss-reactive ketones (excluding diaryl/α,β-unsaturated/α-hetero) is 1. The molecule has 1 amide bonds. The molecule has 1 atom stereocenters. The lowest BCUT2D eigenvalue weighted by Gasteiger charge is -2.36. The second-order valence-corrected chi connectivity index (χ2v) is 6.72. The van der Waals surface area contributed by atoms with Crippen LogP contribution in [0.1, 0.15) is 22.3 Å². The van der Waals surface area contributed by atoms with Crippen LogP contribution in [0.15, 0.2) is 42.5 Å². The summed E-state index contributed by atoms with van der Waals surface area (Å²) in [5.74, 6) is 0.223. The Kier molecular flexibility index (Phi) is 4.34. The van der Waals surface area contributed by atoms with Crippen LogP contribution >= 0.6 is 0 Å². The van der Waals surface area contributed by atoms with E-state index < -0.39 is 0 Å². The van der Waals surface area contributed by atoms with Crippen LogP contribution in [0.5, 0.6) is 5.75 Å². The summed E-state index contributed by atoms with van der Waals surface area (Å²) < 4.78 is 0. The fourth-order valence-electron chi connectivity index (χ4n) is 3.67. The van der Waals surface area contributed by atoms with E-state index in [0.29, 0.717) is 25.1 Å². The van der Waals surface area contributed by atoms with E-state index in [1.165, 1.54) is 12.1 Å². The quantitative estimate of drug-likeness (QED) is 0.736. The molecule has 1 unspecified atom stereocenters. The summed E-state index contributed by atoms with van der Waals surface area (Å²) in [5.41, 5.74) is 3.69. The van der Waals surface area contributed by atoms with Crippen molar-refractivity contribution >= 4 is 23.1 Å². The molecule has 1 saturated heterocycles. The van der Waals surface area contributed by atoms with E-state index >= 15 is 0 Å². The maximum Gasteiger partial charge on any atom is 0.224 e. The predicted molar refractivity (Wildman–Crippen MR) is 99.8 cm³/mol. The molecule has 1 fully saturated rings. The van der Waals surface area contributed by atoms with Gasteiger partial charge in [-0.1, -0.05) is 6.07 Å². The van der Waals surface area contributed by atoms with E-state index in [4.69, 9.17) is 0 Å². The normalized spacial score (nSPS) is 19.6. The molecule has 6 heteroatoms. The SMILES string of the molecule is O=C1CCc2c(cccc2N2CCNC(C(=O)c3ccc(O)cc3)C2)N1. The Bertz CT molecular complexity index is 848. The first kappa shape index (κ1) is 16.6. The van der Waals surface area contributed by atoms with Crippen molar-refractivity contribution in [3.05, 3.63) is 53.6 Å². The van der Waals surface area contributed by atoms with Gasteiger partial charge < -0.3 is 20.6 Å². The first-order valence-electron chi connectivity index (χ1n) is 8.85. The highest BCUT2D eigenvalue weighted by molar-refractivity contribution is 6.01. The van der Waals surface area contributed by atoms with E-state index in [9.17, 15) is 14.7 Å². The maximum atomic E-state index is 12.8. The van der Waals surface area contributed by atoms with Crippen molar-refractivity contribution in [2.45, 2.75) is 18.9 Å². The van der Waals surface area contributed by atoms with Gasteiger partial charge in [-0.15, -0.1) is 0 Å². The van der Waals surface area contributed by atoms with Crippen LogP contribution in [0.4, 0.5) is 11.4 Å². The lowest BCUT2D eigenvalue weighted by Crippen LogP contribution is -2.54. The van der Waals surface area contributed by atoms with Crippen molar-refractivity contribution in [1.82, 2.24) is 5.32 Å². The number of carbonyl (C=O) groups is 2. The van der Waals surface area contributed by atoms with Crippen LogP contribution in [0.25, 0.3) is 0 Å². The van der Waals surface area contributed by atoms with Gasteiger partial charge in [0.2, 0.25) is 5.91 Å². The number of aromatic hydroxyl groups is 1. The number of anilines is 2. The Labute approximate surface area is 151 Å². The van der Waals surface area contributed by atoms with Gasteiger partial charge in [-0.2, -0.15) is 0 Å². The lowest BCUT2D eigenvalue weighted by atomic mass is 9.98. The molecule has 2 aliphatic heterocycles. The molecule has 0 aromatic heterocycles. The van der Waals surface area contributed by atoms with E-state index in [0.717, 1.165) is 29.9 Å². The Morgan fingerprint density at radius 3 is 2.73 bits per heavy atom. The second kappa shape index (κ2) is 6.80. The Hall–Kier alpha value is -2.86. The minimum Gasteiger partial charge on any atom is -0.508 e. The smallest absolute Gasteiger partial charge is 0.224 e. The van der Waals surface area contributed by atoms with E-state index in [1.54, 1.807) is 12.1 Å². The number of phenols is 1. The zero-order valence-electron chi connectivity index (χ0n) is 14.4. The van der Waals surface area contributed by atoms with Crippen molar-refractivity contribution in [2.24, 2.45) is 0 Å². The summed E-state index contributed by atoms with van der Waals surface area (Å²) in [6.07, 6.45) is 1.21. The first-order chi connectivity index (χ1) is 12.6. The molecule has 2 aliphatic rings. The fourth-order valence-corrected chi connectivity index (χ4v) is 3.67. The summed E-state index contributed by atoms with van der Waals surface area (Å²) in [6.45, 7) is 2.10. The highest BCUT2D eigenvalue weighted by atomic mass is 16.3. The molecule has 0 bridgehead atoms. The summed E-state index contributed by atoms with van der Waals surface area (Å²) in [6, 6.07) is 12.0. The number of amides is 1. The van der Waals surface area contributed by atoms with Gasteiger partial charge >= 0.3 is 0 Å². The third kappa shape index (κ3) is 3.15. The van der Waals surface area contributed by atoms with Crippen LogP contribution in [0.2, 0.25) is 0 Å². The van der Waals surface area contributed by atoms with Gasteiger partial charge in [-0.25, -0.2) is 0 Å². The third-order valence-electron chi connectivity index (χ3n) is 5.01. The summed E-state index contributed by atoms with van der Waals surface area (Å²) in [7, 11) is 0. The standard InChI is InChI=1S/C20H21N3O3/c24-14-6-4-13(5-7-14)20(26)17-12-23(11-10-21-17)18-3-1-2-16-15(18)8-9-19(25)22-16/h1-7,17,21,24H,8-12H2,(H,22,25). The first-order valence-corrected chi connectivity index (χ1v) is 8.85. The van der Waals surface area contributed by atoms with Crippen LogP contribution in [-0.2, 0) is 11.2 Å². The van der Waals surface area contributed by atoms with Gasteiger partial charge in [-0.3, -0.25) is 9.59 Å². The molecular formula is C20H21N3O3. The molecular weight excluding hydrogens is 330 g/mol. The summed E-state index contributed by atoms with van der Waals surface area (Å²) >= 11 is 0. The van der Waals surface area contributed by atoms with Crippen molar-refractivity contribution in [3.8, 4) is 5.75 Å². The molecule has 2 aromatic rings. The predicted octanol–water partition coefficient (Wildman–Crippen LogP) is 1.94. The summed E-state index contributed by atoms with van der Waals surface area (Å²) in [5, 5.41) is 15.6. The zero-order chi connectivity index (χ0) is 18.1. The molecule has 0 spiro atoms. The molecule has 0 aliphatic carbocycles. The number of benzene rings is 2. The third-order valence-corrected chi connectivity index (χ3v) is 5.01. The Morgan fingerprint density at radius 1 is 1.12 bits per heavy atom. The van der Waals surface area contributed by atoms with E-state index in [2.05, 4.69) is 21.6 Å². The van der Waals surface area contributed by atoms with Gasteiger partial charge in [0.05, 0.1) is 6.04 Å². The van der Waals surface area contributed by atoms with Crippen LogP contribution < -0.4 is 15.5 Å². The van der Waals surface area contributed by atoms with E-state index in [1.807, 2.05) is 12.1 Å². The average Bonchev–Trinajstić information content (AvgIpc) is 2.67. The molecule has 0 radical (unpaired) electrons. The molecule has 26 heavy (non-hydrogen) atoms. The van der Waals surface area contributed by atoms with Crippen LogP contribution in [-0.4, -0.2) is 42.5 Å². The number of hydrogen-bond acceptors (Lipinski definition) is 5. The molecule has 134 valence electrons. The largest absolute Gasteiger partial charge is 0.508 e. The van der Waals surface area contributed by atoms with Crippen LogP contribution in [0.3, 0.4) is 0 Å². The van der Waals surface area contributed by atoms with Crippen molar-refractivity contribution in [1.29, 1.82) is 0 Å². The van der Waals surface area contributed by atoms with Gasteiger partial charge in [0.25, 0.3) is 0 Å². The summed E-state index contributed by atoms with van der Waals surface area (Å²) in [4.78, 5) is 26.6. The minimum absolute atomic E-state index is 0.0211. The monoisotopic (exact) mass is 351 g/mol. The van der Waals surface area contributed by atoms with Crippen molar-refractivity contribution < 1.29 is 14.7 Å². The lowest BCUT2D eigenvalue weighted by molar-refractivity contribution is -0.116. The minimum atomic E-state index is -0.303. The Balaban J connectivity index is 1.56. The number of ketones is 1. The number of nitrogens with zero attached hydrogens (tertiary/aromatic N) is 1.